The summed E-state index contributed by atoms with van der Waals surface area (Å²) in [7, 11) is 0. The molecule has 0 spiro atoms. The van der Waals surface area contributed by atoms with Gasteiger partial charge in [-0.2, -0.15) is 0 Å². The second kappa shape index (κ2) is 8.33. The van der Waals surface area contributed by atoms with Crippen LogP contribution < -0.4 is 16.4 Å². The molecule has 72 valence electrons. The van der Waals surface area contributed by atoms with Crippen LogP contribution in [0.1, 0.15) is 26.2 Å². The molecule has 0 aromatic rings. The second-order valence-corrected chi connectivity index (χ2v) is 2.68. The van der Waals surface area contributed by atoms with E-state index in [0.717, 1.165) is 25.8 Å². The molecular formula is C8H19N3O. The number of amides is 2. The predicted octanol–water partition coefficient (Wildman–Crippen LogP) is 0.435. The number of nitrogens with two attached hydrogens (primary N) is 1. The van der Waals surface area contributed by atoms with E-state index in [0.29, 0.717) is 13.1 Å². The highest BCUT2D eigenvalue weighted by Gasteiger charge is 1.95. The van der Waals surface area contributed by atoms with Crippen molar-refractivity contribution in [2.24, 2.45) is 5.73 Å². The quantitative estimate of drug-likeness (QED) is 0.510. The molecule has 0 heterocycles. The molecule has 0 aliphatic rings. The Bertz CT molecular complexity index is 105. The van der Waals surface area contributed by atoms with Gasteiger partial charge in [0.15, 0.2) is 0 Å². The lowest BCUT2D eigenvalue weighted by molar-refractivity contribution is 0.240. The summed E-state index contributed by atoms with van der Waals surface area (Å²) in [4.78, 5) is 10.9. The lowest BCUT2D eigenvalue weighted by atomic mass is 10.3. The number of nitrogens with one attached hydrogen (secondary N) is 2. The van der Waals surface area contributed by atoms with E-state index in [1.165, 1.54) is 0 Å². The van der Waals surface area contributed by atoms with Crippen LogP contribution in [-0.2, 0) is 0 Å². The molecule has 4 N–H and O–H groups in total. The van der Waals surface area contributed by atoms with Gasteiger partial charge in [0.05, 0.1) is 0 Å². The Morgan fingerprint density at radius 1 is 1.25 bits per heavy atom. The minimum absolute atomic E-state index is 0.0862. The topological polar surface area (TPSA) is 67.2 Å². The van der Waals surface area contributed by atoms with Crippen molar-refractivity contribution in [1.82, 2.24) is 10.6 Å². The molecule has 0 aliphatic carbocycles. The Hall–Kier alpha value is -0.770. The molecule has 2 amide bonds. The minimum Gasteiger partial charge on any atom is -0.338 e. The van der Waals surface area contributed by atoms with E-state index in [-0.39, 0.29) is 6.03 Å². The van der Waals surface area contributed by atoms with Crippen molar-refractivity contribution in [3.63, 3.8) is 0 Å². The number of rotatable bonds is 6. The van der Waals surface area contributed by atoms with Gasteiger partial charge in [0.25, 0.3) is 0 Å². The van der Waals surface area contributed by atoms with Gasteiger partial charge in [-0.3, -0.25) is 0 Å². The summed E-state index contributed by atoms with van der Waals surface area (Å²) in [6.07, 6.45) is 2.97. The fourth-order valence-corrected chi connectivity index (χ4v) is 0.745. The molecule has 4 heteroatoms. The van der Waals surface area contributed by atoms with Crippen molar-refractivity contribution in [3.05, 3.63) is 0 Å². The van der Waals surface area contributed by atoms with Crippen LogP contribution >= 0.6 is 0 Å². The predicted molar refractivity (Wildman–Crippen MR) is 50.0 cm³/mol. The van der Waals surface area contributed by atoms with Gasteiger partial charge in [-0.1, -0.05) is 13.3 Å². The average Bonchev–Trinajstić information content (AvgIpc) is 2.06. The van der Waals surface area contributed by atoms with Crippen molar-refractivity contribution < 1.29 is 4.79 Å². The number of urea groups is 1. The van der Waals surface area contributed by atoms with Crippen LogP contribution in [0.4, 0.5) is 4.79 Å². The molecule has 0 aromatic heterocycles. The van der Waals surface area contributed by atoms with E-state index in [9.17, 15) is 4.79 Å². The van der Waals surface area contributed by atoms with Crippen LogP contribution in [0.3, 0.4) is 0 Å². The largest absolute Gasteiger partial charge is 0.338 e. The Morgan fingerprint density at radius 3 is 2.33 bits per heavy atom. The first kappa shape index (κ1) is 11.2. The Kier molecular flexibility index (Phi) is 7.79. The Labute approximate surface area is 73.9 Å². The van der Waals surface area contributed by atoms with Gasteiger partial charge in [0.2, 0.25) is 0 Å². The van der Waals surface area contributed by atoms with Crippen molar-refractivity contribution in [2.45, 2.75) is 26.2 Å². The highest BCUT2D eigenvalue weighted by Crippen LogP contribution is 1.81. The van der Waals surface area contributed by atoms with Crippen LogP contribution in [0, 0.1) is 0 Å². The molecule has 0 saturated carbocycles. The van der Waals surface area contributed by atoms with E-state index in [2.05, 4.69) is 17.6 Å². The molecule has 4 nitrogen and oxygen atoms in total. The molecule has 0 aliphatic heterocycles. The molecule has 0 saturated heterocycles. The Morgan fingerprint density at radius 2 is 1.83 bits per heavy atom. The highest BCUT2D eigenvalue weighted by atomic mass is 16.2. The van der Waals surface area contributed by atoms with Crippen LogP contribution in [0.25, 0.3) is 0 Å². The molecule has 0 unspecified atom stereocenters. The van der Waals surface area contributed by atoms with Crippen LogP contribution in [0.2, 0.25) is 0 Å². The first-order valence-corrected chi connectivity index (χ1v) is 4.53. The van der Waals surface area contributed by atoms with Crippen molar-refractivity contribution >= 4 is 6.03 Å². The van der Waals surface area contributed by atoms with Gasteiger partial charge in [0, 0.05) is 13.1 Å². The molecule has 0 fully saturated rings. The van der Waals surface area contributed by atoms with Gasteiger partial charge < -0.3 is 16.4 Å². The van der Waals surface area contributed by atoms with Crippen LogP contribution in [0.5, 0.6) is 0 Å². The fourth-order valence-electron chi connectivity index (χ4n) is 0.745. The van der Waals surface area contributed by atoms with Gasteiger partial charge in [-0.15, -0.1) is 0 Å². The first-order valence-electron chi connectivity index (χ1n) is 4.53. The maximum absolute atomic E-state index is 10.9. The zero-order chi connectivity index (χ0) is 9.23. The third kappa shape index (κ3) is 7.34. The summed E-state index contributed by atoms with van der Waals surface area (Å²) < 4.78 is 0. The molecular weight excluding hydrogens is 154 g/mol. The summed E-state index contributed by atoms with van der Waals surface area (Å²) >= 11 is 0. The zero-order valence-corrected chi connectivity index (χ0v) is 7.73. The highest BCUT2D eigenvalue weighted by molar-refractivity contribution is 5.73. The first-order chi connectivity index (χ1) is 5.81. The van der Waals surface area contributed by atoms with Crippen molar-refractivity contribution in [3.8, 4) is 0 Å². The van der Waals surface area contributed by atoms with E-state index < -0.39 is 0 Å². The van der Waals surface area contributed by atoms with E-state index in [1.807, 2.05) is 0 Å². The van der Waals surface area contributed by atoms with Crippen molar-refractivity contribution in [1.29, 1.82) is 0 Å². The number of carbonyl (C=O) groups excluding carboxylic acids is 1. The summed E-state index contributed by atoms with van der Waals surface area (Å²) in [5, 5.41) is 5.46. The minimum atomic E-state index is -0.0862. The van der Waals surface area contributed by atoms with Crippen molar-refractivity contribution in [2.75, 3.05) is 19.6 Å². The van der Waals surface area contributed by atoms with Crippen LogP contribution in [0.15, 0.2) is 0 Å². The molecule has 0 atom stereocenters. The lowest BCUT2D eigenvalue weighted by Crippen LogP contribution is -2.36. The number of hydrogen-bond donors (Lipinski definition) is 3. The van der Waals surface area contributed by atoms with E-state index in [1.54, 1.807) is 0 Å². The van der Waals surface area contributed by atoms with Crippen LogP contribution in [-0.4, -0.2) is 25.7 Å². The van der Waals surface area contributed by atoms with Gasteiger partial charge in [-0.25, -0.2) is 4.79 Å². The van der Waals surface area contributed by atoms with Gasteiger partial charge in [0.1, 0.15) is 0 Å². The monoisotopic (exact) mass is 173 g/mol. The SMILES string of the molecule is CCCCNC(=O)NCCCN. The molecule has 0 radical (unpaired) electrons. The summed E-state index contributed by atoms with van der Waals surface area (Å²) in [5.74, 6) is 0. The third-order valence-corrected chi connectivity index (χ3v) is 1.48. The fraction of sp³-hybridized carbons (Fsp3) is 0.875. The number of unbranched alkanes of at least 4 members (excludes halogenated alkanes) is 1. The number of carbonyl (C=O) groups is 1. The lowest BCUT2D eigenvalue weighted by Gasteiger charge is -2.05. The van der Waals surface area contributed by atoms with Gasteiger partial charge in [-0.05, 0) is 19.4 Å². The summed E-state index contributed by atoms with van der Waals surface area (Å²) in [6.45, 7) is 4.13. The smallest absolute Gasteiger partial charge is 0.314 e. The number of hydrogen-bond acceptors (Lipinski definition) is 2. The normalized spacial score (nSPS) is 9.50. The second-order valence-electron chi connectivity index (χ2n) is 2.68. The molecule has 12 heavy (non-hydrogen) atoms. The third-order valence-electron chi connectivity index (χ3n) is 1.48. The molecule has 0 rings (SSSR count). The Balaban J connectivity index is 3.10. The molecule has 0 bridgehead atoms. The zero-order valence-electron chi connectivity index (χ0n) is 7.73. The maximum Gasteiger partial charge on any atom is 0.314 e. The average molecular weight is 173 g/mol. The summed E-state index contributed by atoms with van der Waals surface area (Å²) in [6, 6.07) is -0.0862. The van der Waals surface area contributed by atoms with E-state index >= 15 is 0 Å². The standard InChI is InChI=1S/C8H19N3O/c1-2-3-6-10-8(12)11-7-4-5-9/h2-7,9H2,1H3,(H2,10,11,12). The maximum atomic E-state index is 10.9. The van der Waals surface area contributed by atoms with Gasteiger partial charge >= 0.3 is 6.03 Å². The summed E-state index contributed by atoms with van der Waals surface area (Å²) in [5.41, 5.74) is 5.26. The molecule has 0 aromatic carbocycles. The van der Waals surface area contributed by atoms with E-state index in [4.69, 9.17) is 5.73 Å².